The van der Waals surface area contributed by atoms with Gasteiger partial charge < -0.3 is 0 Å². The molecular weight excluding hydrogens is 638 g/mol. The first-order valence-electron chi connectivity index (χ1n) is 15.6. The van der Waals surface area contributed by atoms with Gasteiger partial charge in [-0.15, -0.1) is 0 Å². The first-order valence-corrected chi connectivity index (χ1v) is 15.6. The lowest BCUT2D eigenvalue weighted by Gasteiger charge is -2.16. The van der Waals surface area contributed by atoms with Gasteiger partial charge in [0.1, 0.15) is 0 Å². The minimum absolute atomic E-state index is 0. The molecule has 3 aliphatic heterocycles. The van der Waals surface area contributed by atoms with Crippen molar-refractivity contribution in [3.63, 3.8) is 0 Å². The van der Waals surface area contributed by atoms with Gasteiger partial charge >= 0.3 is 0 Å². The fourth-order valence-corrected chi connectivity index (χ4v) is 4.44. The maximum absolute atomic E-state index is 11.5. The van der Waals surface area contributed by atoms with E-state index in [-0.39, 0.29) is 74.1 Å². The van der Waals surface area contributed by atoms with Crippen LogP contribution in [0.2, 0.25) is 0 Å². The monoisotopic (exact) mass is 708 g/mol. The van der Waals surface area contributed by atoms with Crippen LogP contribution in [0.25, 0.3) is 0 Å². The summed E-state index contributed by atoms with van der Waals surface area (Å²) in [4.78, 5) is 60.8. The summed E-state index contributed by atoms with van der Waals surface area (Å²) in [5.41, 5.74) is 3.18. The summed E-state index contributed by atoms with van der Waals surface area (Å²) in [7, 11) is 0. The molecule has 0 N–H and O–H groups in total. The van der Waals surface area contributed by atoms with E-state index in [2.05, 4.69) is 34.3 Å². The smallest absolute Gasteiger partial charge is 0.234 e. The molecule has 286 valence electrons. The van der Waals surface area contributed by atoms with Gasteiger partial charge in [-0.3, -0.25) is 38.7 Å². The third-order valence-corrected chi connectivity index (χ3v) is 6.34. The van der Waals surface area contributed by atoms with E-state index in [0.717, 1.165) is 17.8 Å². The number of hydrogen-bond acceptors (Lipinski definition) is 5. The molecule has 0 aliphatic carbocycles. The van der Waals surface area contributed by atoms with E-state index in [9.17, 15) is 24.0 Å². The number of imide groups is 2. The van der Waals surface area contributed by atoms with Gasteiger partial charge in [0.25, 0.3) is 0 Å². The molecule has 0 atom stereocenters. The van der Waals surface area contributed by atoms with Crippen molar-refractivity contribution < 1.29 is 24.0 Å². The first kappa shape index (κ1) is 55.6. The topological polar surface area (TPSA) is 95.1 Å². The lowest BCUT2D eigenvalue weighted by molar-refractivity contribution is -0.122. The standard InChI is InChI=1S/C11H11NO.2C10H9NO2.2C3H8.6CH4/c1-9-7-8-11(13)12(9)10-5-3-2-4-6-10;2*12-9-6-7-10(13)11(9)8-4-2-1-3-5-8;2*1-3-2;;;;;;/h2-6H,1,7-8H2;2*1-5H,6-7H2;2*3H2,1-2H3;6*1H4. The molecule has 0 unspecified atom stereocenters. The lowest BCUT2D eigenvalue weighted by atomic mass is 10.3. The SMILES string of the molecule is C.C.C.C.C.C.C=C1CCC(=O)N1c1ccccc1.CCC.CCC.O=C1CCC(=O)N1c1ccccc1.O=C1CCC(=O)N1c1ccccc1. The normalized spacial score (nSPS) is 13.5. The van der Waals surface area contributed by atoms with E-state index in [0.29, 0.717) is 43.5 Å². The fraction of sp³-hybridized carbons (Fsp3) is 0.419. The summed E-state index contributed by atoms with van der Waals surface area (Å²) in [6, 6.07) is 27.7. The molecule has 5 amide bonds. The van der Waals surface area contributed by atoms with E-state index in [1.165, 1.54) is 22.6 Å². The van der Waals surface area contributed by atoms with Gasteiger partial charge in [0.2, 0.25) is 29.5 Å². The maximum atomic E-state index is 11.5. The Morgan fingerprint density at radius 1 is 0.392 bits per heavy atom. The van der Waals surface area contributed by atoms with Crippen LogP contribution in [-0.2, 0) is 24.0 Å². The van der Waals surface area contributed by atoms with Gasteiger partial charge in [-0.05, 0) is 42.8 Å². The molecule has 3 aromatic carbocycles. The Morgan fingerprint density at radius 2 is 0.588 bits per heavy atom. The van der Waals surface area contributed by atoms with E-state index >= 15 is 0 Å². The Balaban J connectivity index is -0.000000182. The van der Waals surface area contributed by atoms with Crippen LogP contribution in [0.3, 0.4) is 0 Å². The zero-order valence-corrected chi connectivity index (χ0v) is 26.9. The number of anilines is 3. The average Bonchev–Trinajstić information content (AvgIpc) is 3.69. The molecule has 0 radical (unpaired) electrons. The number of carbonyl (C=O) groups is 5. The Labute approximate surface area is 311 Å². The highest BCUT2D eigenvalue weighted by atomic mass is 16.2. The second-order valence-corrected chi connectivity index (χ2v) is 10.5. The van der Waals surface area contributed by atoms with Crippen molar-refractivity contribution in [2.24, 2.45) is 0 Å². The van der Waals surface area contributed by atoms with Crippen molar-refractivity contribution in [1.82, 2.24) is 0 Å². The molecule has 6 rings (SSSR count). The molecule has 8 heteroatoms. The molecule has 3 aliphatic rings. The fourth-order valence-electron chi connectivity index (χ4n) is 4.44. The van der Waals surface area contributed by atoms with Crippen LogP contribution in [0, 0.1) is 0 Å². The molecule has 3 saturated heterocycles. The summed E-state index contributed by atoms with van der Waals surface area (Å²) in [5.74, 6) is -0.254. The summed E-state index contributed by atoms with van der Waals surface area (Å²) in [6.45, 7) is 12.4. The third kappa shape index (κ3) is 17.1. The Morgan fingerprint density at radius 3 is 0.804 bits per heavy atom. The predicted molar refractivity (Wildman–Crippen MR) is 221 cm³/mol. The predicted octanol–water partition coefficient (Wildman–Crippen LogP) is 11.7. The van der Waals surface area contributed by atoms with E-state index in [4.69, 9.17) is 0 Å². The van der Waals surface area contributed by atoms with Crippen molar-refractivity contribution in [3.05, 3.63) is 103 Å². The second-order valence-electron chi connectivity index (χ2n) is 10.5. The van der Waals surface area contributed by atoms with Crippen LogP contribution < -0.4 is 14.7 Å². The lowest BCUT2D eigenvalue weighted by Crippen LogP contribution is -2.28. The van der Waals surface area contributed by atoms with Crippen molar-refractivity contribution in [3.8, 4) is 0 Å². The highest BCUT2D eigenvalue weighted by Gasteiger charge is 2.30. The van der Waals surface area contributed by atoms with Gasteiger partial charge in [0.05, 0.1) is 11.4 Å². The molecule has 3 aromatic rings. The highest BCUT2D eigenvalue weighted by Crippen LogP contribution is 2.27. The number of carbonyl (C=O) groups excluding carboxylic acids is 5. The largest absolute Gasteiger partial charge is 0.285 e. The number of amides is 5. The number of hydrogen-bond donors (Lipinski definition) is 0. The molecule has 0 spiro atoms. The molecule has 3 heterocycles. The zero-order chi connectivity index (χ0) is 33.2. The van der Waals surface area contributed by atoms with Crippen LogP contribution in [0.15, 0.2) is 103 Å². The molecule has 3 fully saturated rings. The Bertz CT molecular complexity index is 1190. The number of rotatable bonds is 3. The molecule has 0 saturated carbocycles. The van der Waals surface area contributed by atoms with Crippen molar-refractivity contribution in [1.29, 1.82) is 0 Å². The maximum Gasteiger partial charge on any atom is 0.234 e. The summed E-state index contributed by atoms with van der Waals surface area (Å²) < 4.78 is 0. The quantitative estimate of drug-likeness (QED) is 0.253. The Kier molecular flexibility index (Phi) is 32.7. The number of allylic oxidation sites excluding steroid dienone is 1. The summed E-state index contributed by atoms with van der Waals surface area (Å²) >= 11 is 0. The molecule has 51 heavy (non-hydrogen) atoms. The van der Waals surface area contributed by atoms with Crippen LogP contribution in [0.4, 0.5) is 17.1 Å². The second kappa shape index (κ2) is 30.0. The van der Waals surface area contributed by atoms with Gasteiger partial charge in [-0.25, -0.2) is 0 Å². The summed E-state index contributed by atoms with van der Waals surface area (Å²) in [5, 5.41) is 0. The van der Waals surface area contributed by atoms with Crippen molar-refractivity contribution in [2.45, 2.75) is 124 Å². The minimum atomic E-state index is -0.101. The van der Waals surface area contributed by atoms with E-state index in [1.807, 2.05) is 66.7 Å². The van der Waals surface area contributed by atoms with Crippen LogP contribution >= 0.6 is 0 Å². The zero-order valence-electron chi connectivity index (χ0n) is 26.9. The number of benzene rings is 3. The minimum Gasteiger partial charge on any atom is -0.285 e. The van der Waals surface area contributed by atoms with Gasteiger partial charge in [-0.2, -0.15) is 0 Å². The van der Waals surface area contributed by atoms with E-state index in [1.54, 1.807) is 29.2 Å². The third-order valence-electron chi connectivity index (χ3n) is 6.34. The van der Waals surface area contributed by atoms with Crippen LogP contribution in [0.1, 0.15) is 124 Å². The first-order chi connectivity index (χ1) is 21.7. The van der Waals surface area contributed by atoms with Gasteiger partial charge in [0, 0.05) is 43.5 Å². The number of para-hydroxylation sites is 3. The Hall–Kier alpha value is -4.85. The molecule has 8 nitrogen and oxygen atoms in total. The van der Waals surface area contributed by atoms with Gasteiger partial charge in [0.15, 0.2) is 0 Å². The number of nitrogens with zero attached hydrogens (tertiary/aromatic N) is 3. The highest BCUT2D eigenvalue weighted by molar-refractivity contribution is 6.20. The van der Waals surface area contributed by atoms with Crippen LogP contribution in [0.5, 0.6) is 0 Å². The molecule has 0 bridgehead atoms. The van der Waals surface area contributed by atoms with Crippen LogP contribution in [-0.4, -0.2) is 29.5 Å². The molecule has 0 aromatic heterocycles. The van der Waals surface area contributed by atoms with E-state index < -0.39 is 0 Å². The molecular formula is C43H69N3O5. The van der Waals surface area contributed by atoms with Gasteiger partial charge in [-0.1, -0.05) is 146 Å². The summed E-state index contributed by atoms with van der Waals surface area (Å²) in [6.07, 6.45) is 5.24. The van der Waals surface area contributed by atoms with Crippen molar-refractivity contribution in [2.75, 3.05) is 14.7 Å². The average molecular weight is 708 g/mol. The van der Waals surface area contributed by atoms with Crippen molar-refractivity contribution >= 4 is 46.6 Å².